The molecule has 0 amide bonds. The Labute approximate surface area is 130 Å². The van der Waals surface area contributed by atoms with Crippen LogP contribution < -0.4 is 4.74 Å². The minimum absolute atomic E-state index is 0.0162. The predicted octanol–water partition coefficient (Wildman–Crippen LogP) is 3.99. The molecule has 1 heterocycles. The first kappa shape index (κ1) is 14.6. The third-order valence-corrected chi connectivity index (χ3v) is 3.98. The van der Waals surface area contributed by atoms with E-state index in [0.29, 0.717) is 6.61 Å². The fourth-order valence-corrected chi connectivity index (χ4v) is 2.60. The second-order valence-corrected chi connectivity index (χ2v) is 5.90. The Bertz CT molecular complexity index is 643. The highest BCUT2D eigenvalue weighted by atomic mass is 16.6. The lowest BCUT2D eigenvalue weighted by atomic mass is 10.0. The highest BCUT2D eigenvalue weighted by Crippen LogP contribution is 2.24. The van der Waals surface area contributed by atoms with E-state index in [-0.39, 0.29) is 18.0 Å². The average molecular weight is 296 g/mol. The number of aryl methyl sites for hydroxylation is 1. The molecule has 0 aliphatic carbocycles. The number of carbonyl (C=O) groups excluding carboxylic acids is 1. The second-order valence-electron chi connectivity index (χ2n) is 5.90. The maximum absolute atomic E-state index is 11.3. The second kappa shape index (κ2) is 6.22. The van der Waals surface area contributed by atoms with E-state index in [1.807, 2.05) is 31.2 Å². The van der Waals surface area contributed by atoms with Crippen LogP contribution in [0.25, 0.3) is 11.1 Å². The maximum Gasteiger partial charge on any atom is 0.309 e. The molecule has 3 heteroatoms. The van der Waals surface area contributed by atoms with Gasteiger partial charge in [0.25, 0.3) is 0 Å². The largest absolute Gasteiger partial charge is 0.490 e. The summed E-state index contributed by atoms with van der Waals surface area (Å²) in [6.45, 7) is 4.38. The summed E-state index contributed by atoms with van der Waals surface area (Å²) in [6.07, 6.45) is 0.611. The van der Waals surface area contributed by atoms with Crippen LogP contribution in [0.15, 0.2) is 48.5 Å². The zero-order valence-electron chi connectivity index (χ0n) is 12.9. The van der Waals surface area contributed by atoms with E-state index >= 15 is 0 Å². The van der Waals surface area contributed by atoms with E-state index in [9.17, 15) is 4.79 Å². The molecular weight excluding hydrogens is 276 g/mol. The minimum Gasteiger partial charge on any atom is -0.490 e. The maximum atomic E-state index is 11.3. The molecule has 0 unspecified atom stereocenters. The number of cyclic esters (lactones) is 1. The lowest BCUT2D eigenvalue weighted by Gasteiger charge is -2.11. The molecule has 0 saturated carbocycles. The zero-order valence-corrected chi connectivity index (χ0v) is 12.9. The molecule has 1 fully saturated rings. The Kier molecular flexibility index (Phi) is 4.14. The van der Waals surface area contributed by atoms with Crippen LogP contribution in [-0.4, -0.2) is 18.7 Å². The van der Waals surface area contributed by atoms with Gasteiger partial charge in [0.05, 0.1) is 5.92 Å². The van der Waals surface area contributed by atoms with Gasteiger partial charge < -0.3 is 9.47 Å². The van der Waals surface area contributed by atoms with Gasteiger partial charge >= 0.3 is 5.97 Å². The molecule has 2 aromatic rings. The van der Waals surface area contributed by atoms with Gasteiger partial charge in [0.15, 0.2) is 0 Å². The summed E-state index contributed by atoms with van der Waals surface area (Å²) in [4.78, 5) is 11.3. The Morgan fingerprint density at radius 3 is 2.18 bits per heavy atom. The van der Waals surface area contributed by atoms with Gasteiger partial charge in [-0.2, -0.15) is 0 Å². The van der Waals surface area contributed by atoms with Crippen LogP contribution in [-0.2, 0) is 9.53 Å². The van der Waals surface area contributed by atoms with Gasteiger partial charge in [-0.25, -0.2) is 0 Å². The van der Waals surface area contributed by atoms with Crippen LogP contribution in [0.1, 0.15) is 18.9 Å². The number of rotatable bonds is 4. The lowest BCUT2D eigenvalue weighted by Crippen LogP contribution is -2.17. The smallest absolute Gasteiger partial charge is 0.309 e. The fourth-order valence-electron chi connectivity index (χ4n) is 2.60. The van der Waals surface area contributed by atoms with E-state index in [2.05, 4.69) is 31.2 Å². The Hall–Kier alpha value is -2.29. The first-order valence-corrected chi connectivity index (χ1v) is 7.62. The van der Waals surface area contributed by atoms with Gasteiger partial charge in [0.2, 0.25) is 0 Å². The summed E-state index contributed by atoms with van der Waals surface area (Å²) in [6, 6.07) is 16.4. The monoisotopic (exact) mass is 296 g/mol. The number of hydrogen-bond acceptors (Lipinski definition) is 3. The van der Waals surface area contributed by atoms with Crippen molar-refractivity contribution >= 4 is 5.97 Å². The van der Waals surface area contributed by atoms with Crippen molar-refractivity contribution in [1.82, 2.24) is 0 Å². The fraction of sp³-hybridized carbons (Fsp3) is 0.316. The van der Waals surface area contributed by atoms with Gasteiger partial charge in [0.1, 0.15) is 18.5 Å². The topological polar surface area (TPSA) is 35.5 Å². The summed E-state index contributed by atoms with van der Waals surface area (Å²) in [5.74, 6) is 0.660. The first-order valence-electron chi connectivity index (χ1n) is 7.62. The molecule has 0 spiro atoms. The summed E-state index contributed by atoms with van der Waals surface area (Å²) < 4.78 is 11.0. The molecule has 0 bridgehead atoms. The molecule has 1 saturated heterocycles. The molecule has 2 atom stereocenters. The van der Waals surface area contributed by atoms with Crippen LogP contribution in [0.2, 0.25) is 0 Å². The quantitative estimate of drug-likeness (QED) is 0.800. The molecule has 1 aliphatic heterocycles. The summed E-state index contributed by atoms with van der Waals surface area (Å²) in [7, 11) is 0. The van der Waals surface area contributed by atoms with Gasteiger partial charge in [-0.3, -0.25) is 4.79 Å². The molecule has 1 aliphatic rings. The van der Waals surface area contributed by atoms with Crippen LogP contribution in [0.3, 0.4) is 0 Å². The Balaban J connectivity index is 1.60. The normalized spacial score (nSPS) is 20.7. The van der Waals surface area contributed by atoms with Crippen LogP contribution >= 0.6 is 0 Å². The number of hydrogen-bond donors (Lipinski definition) is 0. The van der Waals surface area contributed by atoms with Crippen molar-refractivity contribution in [2.24, 2.45) is 5.92 Å². The highest BCUT2D eigenvalue weighted by molar-refractivity contribution is 5.74. The molecule has 22 heavy (non-hydrogen) atoms. The van der Waals surface area contributed by atoms with Crippen LogP contribution in [0.5, 0.6) is 5.75 Å². The summed E-state index contributed by atoms with van der Waals surface area (Å²) in [5, 5.41) is 0. The Morgan fingerprint density at radius 1 is 1.05 bits per heavy atom. The molecule has 114 valence electrons. The standard InChI is InChI=1S/C19H20O3/c1-13-3-5-15(6-4-13)16-7-9-17(10-8-16)21-12-18-11-14(2)19(20)22-18/h3-10,14,18H,11-12H2,1-2H3/t14-,18-/m0/s1. The van der Waals surface area contributed by atoms with Gasteiger partial charge in [-0.05, 0) is 30.2 Å². The number of carbonyl (C=O) groups is 1. The van der Waals surface area contributed by atoms with Crippen molar-refractivity contribution in [2.75, 3.05) is 6.61 Å². The van der Waals surface area contributed by atoms with Crippen molar-refractivity contribution in [3.05, 3.63) is 54.1 Å². The van der Waals surface area contributed by atoms with Crippen molar-refractivity contribution in [3.8, 4) is 16.9 Å². The summed E-state index contributed by atoms with van der Waals surface area (Å²) in [5.41, 5.74) is 3.60. The van der Waals surface area contributed by atoms with Gasteiger partial charge in [-0.1, -0.05) is 48.9 Å². The van der Waals surface area contributed by atoms with Gasteiger partial charge in [0, 0.05) is 6.42 Å². The van der Waals surface area contributed by atoms with Crippen molar-refractivity contribution in [2.45, 2.75) is 26.4 Å². The van der Waals surface area contributed by atoms with E-state index in [1.165, 1.54) is 11.1 Å². The summed E-state index contributed by atoms with van der Waals surface area (Å²) >= 11 is 0. The molecule has 2 aromatic carbocycles. The minimum atomic E-state index is -0.126. The third kappa shape index (κ3) is 3.30. The molecule has 0 aromatic heterocycles. The highest BCUT2D eigenvalue weighted by Gasteiger charge is 2.31. The van der Waals surface area contributed by atoms with E-state index < -0.39 is 0 Å². The lowest BCUT2D eigenvalue weighted by molar-refractivity contribution is -0.144. The third-order valence-electron chi connectivity index (χ3n) is 3.98. The Morgan fingerprint density at radius 2 is 1.64 bits per heavy atom. The SMILES string of the molecule is Cc1ccc(-c2ccc(OC[C@@H]3C[C@H](C)C(=O)O3)cc2)cc1. The molecule has 0 N–H and O–H groups in total. The number of ether oxygens (including phenoxy) is 2. The number of esters is 1. The van der Waals surface area contributed by atoms with Crippen molar-refractivity contribution < 1.29 is 14.3 Å². The van der Waals surface area contributed by atoms with Crippen LogP contribution in [0.4, 0.5) is 0 Å². The van der Waals surface area contributed by atoms with Crippen molar-refractivity contribution in [1.29, 1.82) is 0 Å². The van der Waals surface area contributed by atoms with Gasteiger partial charge in [-0.15, -0.1) is 0 Å². The van der Waals surface area contributed by atoms with Crippen molar-refractivity contribution in [3.63, 3.8) is 0 Å². The molecule has 0 radical (unpaired) electrons. The van der Waals surface area contributed by atoms with E-state index in [0.717, 1.165) is 17.7 Å². The molecular formula is C19H20O3. The number of benzene rings is 2. The predicted molar refractivity (Wildman–Crippen MR) is 85.8 cm³/mol. The molecule has 3 rings (SSSR count). The van der Waals surface area contributed by atoms with E-state index in [4.69, 9.17) is 9.47 Å². The van der Waals surface area contributed by atoms with Crippen LogP contribution in [0, 0.1) is 12.8 Å². The first-order chi connectivity index (χ1) is 10.6. The van der Waals surface area contributed by atoms with E-state index in [1.54, 1.807) is 0 Å². The average Bonchev–Trinajstić information content (AvgIpc) is 2.85. The molecule has 3 nitrogen and oxygen atoms in total. The zero-order chi connectivity index (χ0) is 15.5.